The Kier molecular flexibility index (Phi) is 3.17. The first-order valence-corrected chi connectivity index (χ1v) is 4.62. The highest BCUT2D eigenvalue weighted by molar-refractivity contribution is 6.33. The molecule has 0 unspecified atom stereocenters. The fourth-order valence-corrected chi connectivity index (χ4v) is 1.53. The SMILES string of the molecule is C[C@H](N)c1ccc(N(C)C)c(Cl)c1. The summed E-state index contributed by atoms with van der Waals surface area (Å²) in [5.74, 6) is 0. The number of nitrogens with two attached hydrogens (primary N) is 1. The van der Waals surface area contributed by atoms with E-state index in [-0.39, 0.29) is 6.04 Å². The van der Waals surface area contributed by atoms with Gasteiger partial charge < -0.3 is 10.6 Å². The van der Waals surface area contributed by atoms with Crippen LogP contribution in [-0.2, 0) is 0 Å². The molecule has 1 aromatic carbocycles. The highest BCUT2D eigenvalue weighted by Gasteiger charge is 2.05. The van der Waals surface area contributed by atoms with Gasteiger partial charge in [0.25, 0.3) is 0 Å². The Bertz CT molecular complexity index is 295. The summed E-state index contributed by atoms with van der Waals surface area (Å²) in [5.41, 5.74) is 7.82. The van der Waals surface area contributed by atoms with Crippen LogP contribution in [0.3, 0.4) is 0 Å². The summed E-state index contributed by atoms with van der Waals surface area (Å²) >= 11 is 6.07. The molecular formula is C10H15ClN2. The van der Waals surface area contributed by atoms with E-state index in [1.165, 1.54) is 0 Å². The number of hydrogen-bond donors (Lipinski definition) is 1. The summed E-state index contributed by atoms with van der Waals surface area (Å²) in [6.45, 7) is 1.95. The maximum Gasteiger partial charge on any atom is 0.0642 e. The molecule has 72 valence electrons. The van der Waals surface area contributed by atoms with Crippen LogP contribution < -0.4 is 10.6 Å². The third-order valence-corrected chi connectivity index (χ3v) is 2.28. The standard InChI is InChI=1S/C10H15ClN2/c1-7(12)8-4-5-10(13(2)3)9(11)6-8/h4-7H,12H2,1-3H3/t7-/m0/s1. The van der Waals surface area contributed by atoms with E-state index in [1.807, 2.05) is 44.1 Å². The molecule has 0 aromatic heterocycles. The Morgan fingerprint density at radius 3 is 2.38 bits per heavy atom. The zero-order valence-electron chi connectivity index (χ0n) is 8.21. The first kappa shape index (κ1) is 10.4. The third kappa shape index (κ3) is 2.36. The van der Waals surface area contributed by atoms with Gasteiger partial charge in [0.05, 0.1) is 10.7 Å². The minimum absolute atomic E-state index is 0.0358. The quantitative estimate of drug-likeness (QED) is 0.791. The number of halogens is 1. The average molecular weight is 199 g/mol. The second-order valence-electron chi connectivity index (χ2n) is 3.39. The topological polar surface area (TPSA) is 29.3 Å². The van der Waals surface area contributed by atoms with Crippen LogP contribution in [0, 0.1) is 0 Å². The largest absolute Gasteiger partial charge is 0.376 e. The van der Waals surface area contributed by atoms with Crippen molar-refractivity contribution < 1.29 is 0 Å². The second kappa shape index (κ2) is 3.99. The van der Waals surface area contributed by atoms with E-state index in [2.05, 4.69) is 0 Å². The van der Waals surface area contributed by atoms with Gasteiger partial charge >= 0.3 is 0 Å². The molecule has 0 saturated heterocycles. The lowest BCUT2D eigenvalue weighted by Gasteiger charge is -2.16. The predicted octanol–water partition coefficient (Wildman–Crippen LogP) is 2.43. The normalized spacial score (nSPS) is 12.7. The predicted molar refractivity (Wildman–Crippen MR) is 58.4 cm³/mol. The van der Waals surface area contributed by atoms with Crippen LogP contribution in [0.5, 0.6) is 0 Å². The highest BCUT2D eigenvalue weighted by atomic mass is 35.5. The smallest absolute Gasteiger partial charge is 0.0642 e. The molecule has 2 nitrogen and oxygen atoms in total. The zero-order valence-corrected chi connectivity index (χ0v) is 8.97. The van der Waals surface area contributed by atoms with Gasteiger partial charge in [0.1, 0.15) is 0 Å². The molecule has 0 bridgehead atoms. The van der Waals surface area contributed by atoms with Crippen LogP contribution in [0.15, 0.2) is 18.2 Å². The third-order valence-electron chi connectivity index (χ3n) is 1.98. The molecule has 0 radical (unpaired) electrons. The number of rotatable bonds is 2. The number of anilines is 1. The van der Waals surface area contributed by atoms with Crippen molar-refractivity contribution in [2.75, 3.05) is 19.0 Å². The molecule has 1 atom stereocenters. The Morgan fingerprint density at radius 2 is 2.00 bits per heavy atom. The van der Waals surface area contributed by atoms with Gasteiger partial charge in [-0.05, 0) is 24.6 Å². The first-order valence-electron chi connectivity index (χ1n) is 4.24. The summed E-state index contributed by atoms with van der Waals surface area (Å²) in [6.07, 6.45) is 0. The van der Waals surface area contributed by atoms with Crippen LogP contribution in [0.25, 0.3) is 0 Å². The molecule has 13 heavy (non-hydrogen) atoms. The Labute approximate surface area is 84.3 Å². The zero-order chi connectivity index (χ0) is 10.0. The summed E-state index contributed by atoms with van der Waals surface area (Å²) in [5, 5.41) is 0.750. The molecule has 0 aliphatic rings. The van der Waals surface area contributed by atoms with E-state index in [0.717, 1.165) is 16.3 Å². The number of nitrogens with zero attached hydrogens (tertiary/aromatic N) is 1. The minimum Gasteiger partial charge on any atom is -0.376 e. The van der Waals surface area contributed by atoms with Crippen molar-refractivity contribution in [3.63, 3.8) is 0 Å². The lowest BCUT2D eigenvalue weighted by molar-refractivity contribution is 0.818. The Morgan fingerprint density at radius 1 is 1.38 bits per heavy atom. The van der Waals surface area contributed by atoms with Crippen LogP contribution in [0.2, 0.25) is 5.02 Å². The van der Waals surface area contributed by atoms with E-state index in [9.17, 15) is 0 Å². The maximum absolute atomic E-state index is 6.07. The molecule has 3 heteroatoms. The fraction of sp³-hybridized carbons (Fsp3) is 0.400. The first-order chi connectivity index (χ1) is 6.02. The fourth-order valence-electron chi connectivity index (χ4n) is 1.17. The van der Waals surface area contributed by atoms with Crippen LogP contribution in [0.4, 0.5) is 5.69 Å². The van der Waals surface area contributed by atoms with E-state index >= 15 is 0 Å². The van der Waals surface area contributed by atoms with Gasteiger partial charge in [-0.25, -0.2) is 0 Å². The van der Waals surface area contributed by atoms with Gasteiger partial charge in [-0.2, -0.15) is 0 Å². The van der Waals surface area contributed by atoms with Crippen molar-refractivity contribution >= 4 is 17.3 Å². The summed E-state index contributed by atoms with van der Waals surface area (Å²) in [6, 6.07) is 5.95. The molecule has 0 aliphatic carbocycles. The molecule has 2 N–H and O–H groups in total. The van der Waals surface area contributed by atoms with Crippen molar-refractivity contribution in [1.82, 2.24) is 0 Å². The lowest BCUT2D eigenvalue weighted by Crippen LogP contribution is -2.10. The molecule has 1 aromatic rings. The van der Waals surface area contributed by atoms with Crippen LogP contribution >= 0.6 is 11.6 Å². The van der Waals surface area contributed by atoms with Gasteiger partial charge in [0.15, 0.2) is 0 Å². The summed E-state index contributed by atoms with van der Waals surface area (Å²) < 4.78 is 0. The van der Waals surface area contributed by atoms with Crippen molar-refractivity contribution in [2.45, 2.75) is 13.0 Å². The molecule has 1 rings (SSSR count). The van der Waals surface area contributed by atoms with Crippen molar-refractivity contribution in [1.29, 1.82) is 0 Å². The van der Waals surface area contributed by atoms with Gasteiger partial charge in [0, 0.05) is 20.1 Å². The van der Waals surface area contributed by atoms with Crippen molar-refractivity contribution in [3.8, 4) is 0 Å². The lowest BCUT2D eigenvalue weighted by atomic mass is 10.1. The number of hydrogen-bond acceptors (Lipinski definition) is 2. The van der Waals surface area contributed by atoms with Gasteiger partial charge in [-0.3, -0.25) is 0 Å². The number of benzene rings is 1. The molecule has 0 amide bonds. The van der Waals surface area contributed by atoms with E-state index in [1.54, 1.807) is 0 Å². The second-order valence-corrected chi connectivity index (χ2v) is 3.80. The molecule has 0 aliphatic heterocycles. The molecule has 0 fully saturated rings. The molecule has 0 saturated carbocycles. The molecule has 0 heterocycles. The van der Waals surface area contributed by atoms with E-state index in [0.29, 0.717) is 0 Å². The highest BCUT2D eigenvalue weighted by Crippen LogP contribution is 2.26. The van der Waals surface area contributed by atoms with Crippen LogP contribution in [-0.4, -0.2) is 14.1 Å². The molecule has 0 spiro atoms. The Balaban J connectivity index is 3.06. The van der Waals surface area contributed by atoms with Crippen LogP contribution in [0.1, 0.15) is 18.5 Å². The summed E-state index contributed by atoms with van der Waals surface area (Å²) in [7, 11) is 3.93. The average Bonchev–Trinajstić information content (AvgIpc) is 2.03. The van der Waals surface area contributed by atoms with Gasteiger partial charge in [-0.1, -0.05) is 17.7 Å². The summed E-state index contributed by atoms with van der Waals surface area (Å²) in [4.78, 5) is 1.98. The minimum atomic E-state index is 0.0358. The van der Waals surface area contributed by atoms with Gasteiger partial charge in [-0.15, -0.1) is 0 Å². The Hall–Kier alpha value is -0.730. The van der Waals surface area contributed by atoms with Crippen molar-refractivity contribution in [3.05, 3.63) is 28.8 Å². The van der Waals surface area contributed by atoms with Gasteiger partial charge in [0.2, 0.25) is 0 Å². The maximum atomic E-state index is 6.07. The molecular weight excluding hydrogens is 184 g/mol. The van der Waals surface area contributed by atoms with Crippen molar-refractivity contribution in [2.24, 2.45) is 5.73 Å². The van der Waals surface area contributed by atoms with E-state index < -0.39 is 0 Å². The monoisotopic (exact) mass is 198 g/mol. The van der Waals surface area contributed by atoms with E-state index in [4.69, 9.17) is 17.3 Å².